The number of sulfonamides is 1. The molecule has 0 bridgehead atoms. The van der Waals surface area contributed by atoms with Gasteiger partial charge < -0.3 is 4.74 Å². The highest BCUT2D eigenvalue weighted by molar-refractivity contribution is 7.90. The molecule has 3 unspecified atom stereocenters. The lowest BCUT2D eigenvalue weighted by Gasteiger charge is -2.20. The van der Waals surface area contributed by atoms with Gasteiger partial charge in [-0.25, -0.2) is 13.1 Å². The molecule has 5 nitrogen and oxygen atoms in total. The molecule has 1 saturated carbocycles. The van der Waals surface area contributed by atoms with E-state index in [2.05, 4.69) is 15.4 Å². The van der Waals surface area contributed by atoms with E-state index in [4.69, 9.17) is 6.42 Å². The van der Waals surface area contributed by atoms with Gasteiger partial charge in [0, 0.05) is 0 Å². The fraction of sp³-hybridized carbons (Fsp3) is 0.769. The van der Waals surface area contributed by atoms with Gasteiger partial charge >= 0.3 is 5.97 Å². The number of terminal acetylenes is 1. The molecule has 1 N–H and O–H groups in total. The molecule has 0 aromatic carbocycles. The highest BCUT2D eigenvalue weighted by atomic mass is 32.2. The average Bonchev–Trinajstić information content (AvgIpc) is 2.87. The number of rotatable bonds is 6. The van der Waals surface area contributed by atoms with Crippen LogP contribution in [0.2, 0.25) is 0 Å². The van der Waals surface area contributed by atoms with Crippen molar-refractivity contribution in [1.82, 2.24) is 4.72 Å². The van der Waals surface area contributed by atoms with E-state index in [-0.39, 0.29) is 0 Å². The van der Waals surface area contributed by atoms with Gasteiger partial charge in [0.25, 0.3) is 0 Å². The molecule has 1 aliphatic rings. The Labute approximate surface area is 115 Å². The van der Waals surface area contributed by atoms with Crippen molar-refractivity contribution in [3.63, 3.8) is 0 Å². The summed E-state index contributed by atoms with van der Waals surface area (Å²) in [5.41, 5.74) is 0. The summed E-state index contributed by atoms with van der Waals surface area (Å²) in [7, 11) is -2.31. The Morgan fingerprint density at radius 2 is 2.21 bits per heavy atom. The number of carbonyl (C=O) groups excluding carboxylic acids is 1. The van der Waals surface area contributed by atoms with Crippen molar-refractivity contribution >= 4 is 16.0 Å². The third-order valence-corrected chi connectivity index (χ3v) is 5.41. The molecule has 0 saturated heterocycles. The lowest BCUT2D eigenvalue weighted by molar-refractivity contribution is -0.145. The SMILES string of the molecule is C#CC(CCC)NS(=O)(=O)C1CCCC1C(=O)OC. The Hall–Kier alpha value is -1.06. The molecule has 0 spiro atoms. The van der Waals surface area contributed by atoms with Crippen molar-refractivity contribution in [2.45, 2.75) is 50.3 Å². The maximum atomic E-state index is 12.3. The highest BCUT2D eigenvalue weighted by Crippen LogP contribution is 2.31. The van der Waals surface area contributed by atoms with Crippen LogP contribution >= 0.6 is 0 Å². The summed E-state index contributed by atoms with van der Waals surface area (Å²) in [6.07, 6.45) is 8.43. The fourth-order valence-corrected chi connectivity index (χ4v) is 4.38. The maximum absolute atomic E-state index is 12.3. The Bertz CT molecular complexity index is 452. The van der Waals surface area contributed by atoms with Crippen LogP contribution < -0.4 is 4.72 Å². The van der Waals surface area contributed by atoms with E-state index in [9.17, 15) is 13.2 Å². The first-order chi connectivity index (χ1) is 8.96. The van der Waals surface area contributed by atoms with Gasteiger partial charge in [0.2, 0.25) is 10.0 Å². The first-order valence-corrected chi connectivity index (χ1v) is 8.06. The van der Waals surface area contributed by atoms with Crippen LogP contribution in [0.15, 0.2) is 0 Å². The van der Waals surface area contributed by atoms with Crippen molar-refractivity contribution in [3.05, 3.63) is 0 Å². The Kier molecular flexibility index (Phi) is 5.83. The second kappa shape index (κ2) is 6.92. The lowest BCUT2D eigenvalue weighted by atomic mass is 10.1. The van der Waals surface area contributed by atoms with Gasteiger partial charge in [-0.1, -0.05) is 25.7 Å². The Morgan fingerprint density at radius 1 is 1.53 bits per heavy atom. The highest BCUT2D eigenvalue weighted by Gasteiger charge is 2.42. The number of carbonyl (C=O) groups is 1. The minimum Gasteiger partial charge on any atom is -0.469 e. The number of ether oxygens (including phenoxy) is 1. The van der Waals surface area contributed by atoms with E-state index >= 15 is 0 Å². The first-order valence-electron chi connectivity index (χ1n) is 6.51. The summed E-state index contributed by atoms with van der Waals surface area (Å²) >= 11 is 0. The summed E-state index contributed by atoms with van der Waals surface area (Å²) in [6.45, 7) is 1.94. The Morgan fingerprint density at radius 3 is 2.74 bits per heavy atom. The number of methoxy groups -OCH3 is 1. The summed E-state index contributed by atoms with van der Waals surface area (Å²) < 4.78 is 31.8. The molecule has 0 aliphatic heterocycles. The lowest BCUT2D eigenvalue weighted by Crippen LogP contribution is -2.43. The van der Waals surface area contributed by atoms with E-state index in [1.807, 2.05) is 6.92 Å². The summed E-state index contributed by atoms with van der Waals surface area (Å²) in [5, 5.41) is -0.729. The maximum Gasteiger partial charge on any atom is 0.310 e. The van der Waals surface area contributed by atoms with Gasteiger partial charge in [0.1, 0.15) is 0 Å². The van der Waals surface area contributed by atoms with Crippen LogP contribution in [0.4, 0.5) is 0 Å². The first kappa shape index (κ1) is 16.0. The van der Waals surface area contributed by atoms with E-state index in [0.29, 0.717) is 25.7 Å². The summed E-state index contributed by atoms with van der Waals surface area (Å²) in [4.78, 5) is 11.6. The molecular weight excluding hydrogens is 266 g/mol. The van der Waals surface area contributed by atoms with Gasteiger partial charge in [-0.15, -0.1) is 6.42 Å². The van der Waals surface area contributed by atoms with Crippen molar-refractivity contribution in [3.8, 4) is 12.3 Å². The molecule has 0 aromatic rings. The minimum absolute atomic E-state index is 0.458. The quantitative estimate of drug-likeness (QED) is 0.585. The zero-order valence-corrected chi connectivity index (χ0v) is 12.2. The topological polar surface area (TPSA) is 72.5 Å². The van der Waals surface area contributed by atoms with E-state index < -0.39 is 33.2 Å². The monoisotopic (exact) mass is 287 g/mol. The summed E-state index contributed by atoms with van der Waals surface area (Å²) in [6, 6.07) is -0.506. The van der Waals surface area contributed by atoms with Crippen molar-refractivity contribution < 1.29 is 17.9 Å². The van der Waals surface area contributed by atoms with E-state index in [1.165, 1.54) is 7.11 Å². The third kappa shape index (κ3) is 3.95. The van der Waals surface area contributed by atoms with Crippen molar-refractivity contribution in [2.24, 2.45) is 5.92 Å². The molecule has 0 radical (unpaired) electrons. The molecule has 1 rings (SSSR count). The number of esters is 1. The van der Waals surface area contributed by atoms with Crippen LogP contribution in [0.1, 0.15) is 39.0 Å². The number of hydrogen-bond donors (Lipinski definition) is 1. The molecule has 108 valence electrons. The number of nitrogens with one attached hydrogen (secondary N) is 1. The van der Waals surface area contributed by atoms with Crippen molar-refractivity contribution in [2.75, 3.05) is 7.11 Å². The predicted molar refractivity (Wildman–Crippen MR) is 72.7 cm³/mol. The summed E-state index contributed by atoms with van der Waals surface area (Å²) in [5.74, 6) is 1.40. The van der Waals surface area contributed by atoms with Crippen LogP contribution in [0.3, 0.4) is 0 Å². The fourth-order valence-electron chi connectivity index (χ4n) is 2.47. The zero-order chi connectivity index (χ0) is 14.5. The Balaban J connectivity index is 2.82. The molecule has 0 heterocycles. The van der Waals surface area contributed by atoms with E-state index in [0.717, 1.165) is 6.42 Å². The number of hydrogen-bond acceptors (Lipinski definition) is 4. The molecule has 19 heavy (non-hydrogen) atoms. The minimum atomic E-state index is -3.59. The predicted octanol–water partition coefficient (Wildman–Crippen LogP) is 1.05. The van der Waals surface area contributed by atoms with Gasteiger partial charge in [0.05, 0.1) is 24.3 Å². The van der Waals surface area contributed by atoms with Crippen LogP contribution in [0, 0.1) is 18.3 Å². The van der Waals surface area contributed by atoms with E-state index in [1.54, 1.807) is 0 Å². The standard InChI is InChI=1S/C13H21NO4S/c1-4-7-10(5-2)14-19(16,17)12-9-6-8-11(12)13(15)18-3/h2,10-12,14H,4,6-9H2,1,3H3. The largest absolute Gasteiger partial charge is 0.469 e. The van der Waals surface area contributed by atoms with Crippen LogP contribution in [-0.2, 0) is 19.6 Å². The van der Waals surface area contributed by atoms with Gasteiger partial charge in [-0.3, -0.25) is 4.79 Å². The van der Waals surface area contributed by atoms with Crippen LogP contribution in [0.25, 0.3) is 0 Å². The molecule has 3 atom stereocenters. The van der Waals surface area contributed by atoms with Gasteiger partial charge in [-0.2, -0.15) is 0 Å². The molecular formula is C13H21NO4S. The molecule has 1 aliphatic carbocycles. The molecule has 0 aromatic heterocycles. The van der Waals surface area contributed by atoms with Crippen molar-refractivity contribution in [1.29, 1.82) is 0 Å². The smallest absolute Gasteiger partial charge is 0.310 e. The molecule has 6 heteroatoms. The third-order valence-electron chi connectivity index (χ3n) is 3.44. The van der Waals surface area contributed by atoms with Gasteiger partial charge in [0.15, 0.2) is 0 Å². The van der Waals surface area contributed by atoms with Gasteiger partial charge in [-0.05, 0) is 19.3 Å². The molecule has 0 amide bonds. The van der Waals surface area contributed by atoms with Crippen LogP contribution in [-0.4, -0.2) is 32.8 Å². The average molecular weight is 287 g/mol. The second-order valence-electron chi connectivity index (χ2n) is 4.77. The molecule has 1 fully saturated rings. The zero-order valence-electron chi connectivity index (χ0n) is 11.4. The van der Waals surface area contributed by atoms with Crippen LogP contribution in [0.5, 0.6) is 0 Å². The second-order valence-corrected chi connectivity index (χ2v) is 6.70. The normalized spacial score (nSPS) is 24.7.